The summed E-state index contributed by atoms with van der Waals surface area (Å²) < 4.78 is 19.4. The SMILES string of the molecule is CC(OC1CCCCC1C)C(=O)Nc1cc(N)ccc1F. The fourth-order valence-electron chi connectivity index (χ4n) is 2.68. The van der Waals surface area contributed by atoms with Crippen molar-refractivity contribution in [3.63, 3.8) is 0 Å². The molecule has 1 aromatic carbocycles. The lowest BCUT2D eigenvalue weighted by Crippen LogP contribution is -2.35. The molecule has 0 heterocycles. The summed E-state index contributed by atoms with van der Waals surface area (Å²) in [4.78, 5) is 12.1. The number of hydrogen-bond donors (Lipinski definition) is 2. The van der Waals surface area contributed by atoms with Crippen LogP contribution in [0.5, 0.6) is 0 Å². The molecule has 0 radical (unpaired) electrons. The molecule has 3 N–H and O–H groups in total. The van der Waals surface area contributed by atoms with Crippen molar-refractivity contribution in [2.45, 2.75) is 51.7 Å². The highest BCUT2D eigenvalue weighted by molar-refractivity contribution is 5.94. The average molecular weight is 294 g/mol. The van der Waals surface area contributed by atoms with Gasteiger partial charge in [0, 0.05) is 5.69 Å². The first kappa shape index (κ1) is 15.8. The largest absolute Gasteiger partial charge is 0.399 e. The van der Waals surface area contributed by atoms with E-state index in [0.717, 1.165) is 19.3 Å². The van der Waals surface area contributed by atoms with Crippen molar-refractivity contribution in [3.8, 4) is 0 Å². The first-order valence-electron chi connectivity index (χ1n) is 7.48. The number of benzene rings is 1. The van der Waals surface area contributed by atoms with E-state index in [4.69, 9.17) is 10.5 Å². The maximum absolute atomic E-state index is 13.6. The third kappa shape index (κ3) is 4.17. The minimum absolute atomic E-state index is 0.0899. The monoisotopic (exact) mass is 294 g/mol. The molecule has 1 aliphatic carbocycles. The summed E-state index contributed by atoms with van der Waals surface area (Å²) in [7, 11) is 0. The molecule has 0 aromatic heterocycles. The van der Waals surface area contributed by atoms with E-state index in [1.54, 1.807) is 6.92 Å². The van der Waals surface area contributed by atoms with Crippen LogP contribution in [0.1, 0.15) is 39.5 Å². The van der Waals surface area contributed by atoms with Crippen molar-refractivity contribution < 1.29 is 13.9 Å². The molecule has 3 unspecified atom stereocenters. The molecule has 4 nitrogen and oxygen atoms in total. The second kappa shape index (κ2) is 6.89. The van der Waals surface area contributed by atoms with Gasteiger partial charge in [-0.15, -0.1) is 0 Å². The number of nitrogens with one attached hydrogen (secondary N) is 1. The van der Waals surface area contributed by atoms with Crippen LogP contribution in [0.25, 0.3) is 0 Å². The third-order valence-corrected chi connectivity index (χ3v) is 4.03. The number of carbonyl (C=O) groups is 1. The van der Waals surface area contributed by atoms with Crippen LogP contribution in [0.2, 0.25) is 0 Å². The summed E-state index contributed by atoms with van der Waals surface area (Å²) in [5.74, 6) is -0.397. The highest BCUT2D eigenvalue weighted by Gasteiger charge is 2.26. The summed E-state index contributed by atoms with van der Waals surface area (Å²) in [5, 5.41) is 2.54. The number of carbonyl (C=O) groups excluding carboxylic acids is 1. The van der Waals surface area contributed by atoms with Crippen molar-refractivity contribution in [1.29, 1.82) is 0 Å². The van der Waals surface area contributed by atoms with E-state index >= 15 is 0 Å². The van der Waals surface area contributed by atoms with Gasteiger partial charge in [-0.3, -0.25) is 4.79 Å². The first-order valence-corrected chi connectivity index (χ1v) is 7.48. The van der Waals surface area contributed by atoms with Gasteiger partial charge in [0.2, 0.25) is 0 Å². The van der Waals surface area contributed by atoms with Crippen molar-refractivity contribution in [2.24, 2.45) is 5.92 Å². The molecule has 21 heavy (non-hydrogen) atoms. The van der Waals surface area contributed by atoms with Gasteiger partial charge < -0.3 is 15.8 Å². The van der Waals surface area contributed by atoms with Gasteiger partial charge in [-0.25, -0.2) is 4.39 Å². The molecule has 1 aliphatic rings. The van der Waals surface area contributed by atoms with Gasteiger partial charge in [-0.05, 0) is 43.9 Å². The number of nitrogen functional groups attached to an aromatic ring is 1. The normalized spacial score (nSPS) is 23.6. The number of amides is 1. The van der Waals surface area contributed by atoms with Gasteiger partial charge in [-0.1, -0.05) is 19.8 Å². The molecule has 3 atom stereocenters. The number of ether oxygens (including phenoxy) is 1. The summed E-state index contributed by atoms with van der Waals surface area (Å²) >= 11 is 0. The Morgan fingerprint density at radius 1 is 1.43 bits per heavy atom. The van der Waals surface area contributed by atoms with E-state index in [-0.39, 0.29) is 17.7 Å². The number of rotatable bonds is 4. The second-order valence-corrected chi connectivity index (χ2v) is 5.81. The Balaban J connectivity index is 1.94. The highest BCUT2D eigenvalue weighted by atomic mass is 19.1. The molecule has 2 rings (SSSR count). The van der Waals surface area contributed by atoms with Crippen LogP contribution in [0, 0.1) is 11.7 Å². The summed E-state index contributed by atoms with van der Waals surface area (Å²) in [6, 6.07) is 4.09. The van der Waals surface area contributed by atoms with Gasteiger partial charge in [0.05, 0.1) is 11.8 Å². The molecule has 1 fully saturated rings. The fraction of sp³-hybridized carbons (Fsp3) is 0.562. The number of nitrogens with two attached hydrogens (primary N) is 1. The van der Waals surface area contributed by atoms with E-state index in [1.807, 2.05) is 0 Å². The van der Waals surface area contributed by atoms with E-state index < -0.39 is 11.9 Å². The zero-order valence-corrected chi connectivity index (χ0v) is 12.6. The van der Waals surface area contributed by atoms with Crippen molar-refractivity contribution in [2.75, 3.05) is 11.1 Å². The first-order chi connectivity index (χ1) is 9.97. The van der Waals surface area contributed by atoms with E-state index in [2.05, 4.69) is 12.2 Å². The molecular formula is C16H23FN2O2. The quantitative estimate of drug-likeness (QED) is 0.837. The molecule has 0 aliphatic heterocycles. The lowest BCUT2D eigenvalue weighted by Gasteiger charge is -2.30. The Labute approximate surface area is 124 Å². The molecule has 116 valence electrons. The maximum Gasteiger partial charge on any atom is 0.253 e. The van der Waals surface area contributed by atoms with E-state index in [9.17, 15) is 9.18 Å². The lowest BCUT2D eigenvalue weighted by atomic mass is 9.88. The fourth-order valence-corrected chi connectivity index (χ4v) is 2.68. The zero-order valence-electron chi connectivity index (χ0n) is 12.6. The van der Waals surface area contributed by atoms with Gasteiger partial charge in [0.25, 0.3) is 5.91 Å². The molecule has 5 heteroatoms. The number of anilines is 2. The van der Waals surface area contributed by atoms with Crippen LogP contribution < -0.4 is 11.1 Å². The number of hydrogen-bond acceptors (Lipinski definition) is 3. The summed E-state index contributed by atoms with van der Waals surface area (Å²) in [6.07, 6.45) is 3.94. The second-order valence-electron chi connectivity index (χ2n) is 5.81. The lowest BCUT2D eigenvalue weighted by molar-refractivity contribution is -0.133. The predicted octanol–water partition coefficient (Wildman–Crippen LogP) is 3.33. The van der Waals surface area contributed by atoms with Crippen LogP contribution in [0.3, 0.4) is 0 Å². The van der Waals surface area contributed by atoms with Crippen LogP contribution in [0.4, 0.5) is 15.8 Å². The Morgan fingerprint density at radius 3 is 2.86 bits per heavy atom. The number of halogens is 1. The summed E-state index contributed by atoms with van der Waals surface area (Å²) in [5.41, 5.74) is 6.09. The minimum Gasteiger partial charge on any atom is -0.399 e. The Hall–Kier alpha value is -1.62. The van der Waals surface area contributed by atoms with Crippen molar-refractivity contribution in [1.82, 2.24) is 0 Å². The van der Waals surface area contributed by atoms with Crippen LogP contribution in [0.15, 0.2) is 18.2 Å². The smallest absolute Gasteiger partial charge is 0.253 e. The predicted molar refractivity (Wildman–Crippen MR) is 81.4 cm³/mol. The van der Waals surface area contributed by atoms with E-state index in [1.165, 1.54) is 24.6 Å². The third-order valence-electron chi connectivity index (χ3n) is 4.03. The molecule has 0 bridgehead atoms. The van der Waals surface area contributed by atoms with Crippen molar-refractivity contribution >= 4 is 17.3 Å². The maximum atomic E-state index is 13.6. The van der Waals surface area contributed by atoms with Crippen LogP contribution >= 0.6 is 0 Å². The minimum atomic E-state index is -0.614. The molecule has 1 amide bonds. The van der Waals surface area contributed by atoms with Gasteiger partial charge in [0.15, 0.2) is 0 Å². The standard InChI is InChI=1S/C16H23FN2O2/c1-10-5-3-4-6-15(10)21-11(2)16(20)19-14-9-12(18)7-8-13(14)17/h7-11,15H,3-6,18H2,1-2H3,(H,19,20). The van der Waals surface area contributed by atoms with Crippen LogP contribution in [-0.2, 0) is 9.53 Å². The molecule has 1 saturated carbocycles. The average Bonchev–Trinajstić information content (AvgIpc) is 2.45. The van der Waals surface area contributed by atoms with Gasteiger partial charge in [0.1, 0.15) is 11.9 Å². The topological polar surface area (TPSA) is 64.3 Å². The van der Waals surface area contributed by atoms with Gasteiger partial charge >= 0.3 is 0 Å². The Bertz CT molecular complexity index is 507. The molecule has 0 saturated heterocycles. The van der Waals surface area contributed by atoms with E-state index in [0.29, 0.717) is 11.6 Å². The van der Waals surface area contributed by atoms with Crippen LogP contribution in [-0.4, -0.2) is 18.1 Å². The Kier molecular flexibility index (Phi) is 5.17. The van der Waals surface area contributed by atoms with Crippen molar-refractivity contribution in [3.05, 3.63) is 24.0 Å². The zero-order chi connectivity index (χ0) is 15.4. The molecule has 0 spiro atoms. The summed E-state index contributed by atoms with van der Waals surface area (Å²) in [6.45, 7) is 3.84. The highest BCUT2D eigenvalue weighted by Crippen LogP contribution is 2.27. The molecular weight excluding hydrogens is 271 g/mol. The molecule has 1 aromatic rings. The Morgan fingerprint density at radius 2 is 2.14 bits per heavy atom. The van der Waals surface area contributed by atoms with Gasteiger partial charge in [-0.2, -0.15) is 0 Å².